The van der Waals surface area contributed by atoms with Crippen LogP contribution in [0.1, 0.15) is 5.56 Å². The highest BCUT2D eigenvalue weighted by atomic mass is 35.5. The minimum Gasteiger partial charge on any atom is -0.354 e. The fraction of sp³-hybridized carbons (Fsp3) is 0.389. The van der Waals surface area contributed by atoms with Gasteiger partial charge in [0, 0.05) is 57.2 Å². The lowest BCUT2D eigenvalue weighted by molar-refractivity contribution is -0.135. The summed E-state index contributed by atoms with van der Waals surface area (Å²) in [7, 11) is 1.74. The number of hydrogen-bond donors (Lipinski definition) is 1. The van der Waals surface area contributed by atoms with Gasteiger partial charge in [-0.15, -0.1) is 0 Å². The zero-order chi connectivity index (χ0) is 18.4. The molecule has 0 radical (unpaired) electrons. The molecule has 1 aliphatic heterocycles. The van der Waals surface area contributed by atoms with Crippen LogP contribution in [0, 0.1) is 0 Å². The number of aromatic nitrogens is 2. The second-order valence-electron chi connectivity index (χ2n) is 6.14. The van der Waals surface area contributed by atoms with Crippen molar-refractivity contribution in [2.24, 2.45) is 4.99 Å². The third-order valence-corrected chi connectivity index (χ3v) is 4.58. The van der Waals surface area contributed by atoms with Crippen LogP contribution in [0.15, 0.2) is 48.0 Å². The molecule has 2 heterocycles. The molecule has 1 saturated heterocycles. The zero-order valence-electron chi connectivity index (χ0n) is 14.8. The first-order valence-corrected chi connectivity index (χ1v) is 8.97. The first-order valence-electron chi connectivity index (χ1n) is 8.59. The van der Waals surface area contributed by atoms with Gasteiger partial charge in [-0.2, -0.15) is 0 Å². The van der Waals surface area contributed by atoms with Gasteiger partial charge in [0.2, 0.25) is 5.91 Å². The molecule has 1 aliphatic rings. The maximum Gasteiger partial charge on any atom is 0.242 e. The number of benzene rings is 1. The van der Waals surface area contributed by atoms with Crippen molar-refractivity contribution in [1.82, 2.24) is 24.7 Å². The van der Waals surface area contributed by atoms with E-state index in [0.717, 1.165) is 31.2 Å². The maximum atomic E-state index is 12.5. The van der Waals surface area contributed by atoms with E-state index in [-0.39, 0.29) is 5.91 Å². The van der Waals surface area contributed by atoms with Crippen molar-refractivity contribution in [2.45, 2.75) is 13.1 Å². The molecule has 0 spiro atoms. The van der Waals surface area contributed by atoms with Crippen LogP contribution in [0.5, 0.6) is 0 Å². The summed E-state index contributed by atoms with van der Waals surface area (Å²) in [6.07, 6.45) is 5.46. The van der Waals surface area contributed by atoms with Gasteiger partial charge >= 0.3 is 0 Å². The maximum absolute atomic E-state index is 12.5. The highest BCUT2D eigenvalue weighted by molar-refractivity contribution is 6.30. The first kappa shape index (κ1) is 18.3. The number of halogens is 1. The average Bonchev–Trinajstić information content (AvgIpc) is 3.16. The van der Waals surface area contributed by atoms with Gasteiger partial charge < -0.3 is 19.7 Å². The van der Waals surface area contributed by atoms with Crippen molar-refractivity contribution in [3.05, 3.63) is 53.6 Å². The Morgan fingerprint density at radius 2 is 2.12 bits per heavy atom. The average molecular weight is 375 g/mol. The Morgan fingerprint density at radius 1 is 1.31 bits per heavy atom. The summed E-state index contributed by atoms with van der Waals surface area (Å²) >= 11 is 5.91. The van der Waals surface area contributed by atoms with Crippen molar-refractivity contribution in [2.75, 3.05) is 33.2 Å². The number of guanidine groups is 1. The molecule has 0 saturated carbocycles. The molecule has 3 rings (SSSR count). The highest BCUT2D eigenvalue weighted by Crippen LogP contribution is 2.13. The Balaban J connectivity index is 1.49. The molecule has 0 unspecified atom stereocenters. The molecule has 2 aromatic rings. The van der Waals surface area contributed by atoms with Crippen LogP contribution < -0.4 is 5.32 Å². The third-order valence-electron chi connectivity index (χ3n) is 4.33. The summed E-state index contributed by atoms with van der Waals surface area (Å²) in [5.41, 5.74) is 1.08. The third kappa shape index (κ3) is 4.76. The number of carbonyl (C=O) groups excluding carboxylic acids is 1. The van der Waals surface area contributed by atoms with Crippen LogP contribution in [0.2, 0.25) is 5.02 Å². The zero-order valence-corrected chi connectivity index (χ0v) is 15.6. The Bertz CT molecular complexity index is 744. The molecule has 1 N–H and O–H groups in total. The Kier molecular flexibility index (Phi) is 6.12. The van der Waals surface area contributed by atoms with Gasteiger partial charge in [0.15, 0.2) is 5.96 Å². The van der Waals surface area contributed by atoms with Crippen molar-refractivity contribution >= 4 is 23.5 Å². The summed E-state index contributed by atoms with van der Waals surface area (Å²) in [5.74, 6) is 0.855. The van der Waals surface area contributed by atoms with E-state index in [1.807, 2.05) is 44.8 Å². The van der Waals surface area contributed by atoms with Crippen molar-refractivity contribution in [1.29, 1.82) is 0 Å². The predicted molar refractivity (Wildman–Crippen MR) is 102 cm³/mol. The number of hydrogen-bond acceptors (Lipinski definition) is 3. The van der Waals surface area contributed by atoms with E-state index >= 15 is 0 Å². The summed E-state index contributed by atoms with van der Waals surface area (Å²) in [6, 6.07) is 7.62. The number of imidazole rings is 1. The van der Waals surface area contributed by atoms with Crippen LogP contribution in [-0.2, 0) is 17.9 Å². The molecule has 0 atom stereocenters. The SMILES string of the molecule is CN=C(NCCn1ccnc1)N1CCN(Cc2ccc(Cl)cc2)C(=O)C1. The summed E-state index contributed by atoms with van der Waals surface area (Å²) in [5, 5.41) is 4.01. The molecular weight excluding hydrogens is 352 g/mol. The number of carbonyl (C=O) groups is 1. The van der Waals surface area contributed by atoms with Gasteiger partial charge in [-0.3, -0.25) is 9.79 Å². The Labute approximate surface area is 158 Å². The van der Waals surface area contributed by atoms with Gasteiger partial charge in [0.05, 0.1) is 12.9 Å². The molecule has 1 aromatic heterocycles. The lowest BCUT2D eigenvalue weighted by atomic mass is 10.2. The van der Waals surface area contributed by atoms with Gasteiger partial charge in [-0.05, 0) is 17.7 Å². The fourth-order valence-corrected chi connectivity index (χ4v) is 3.04. The summed E-state index contributed by atoms with van der Waals surface area (Å²) in [4.78, 5) is 24.7. The van der Waals surface area contributed by atoms with Gasteiger partial charge in [0.1, 0.15) is 0 Å². The van der Waals surface area contributed by atoms with Crippen LogP contribution in [0.3, 0.4) is 0 Å². The van der Waals surface area contributed by atoms with Gasteiger partial charge in [0.25, 0.3) is 0 Å². The molecule has 0 bridgehead atoms. The number of aliphatic imine (C=N–C) groups is 1. The standard InChI is InChI=1S/C18H23ClN6O/c1-20-18(22-7-9-23-8-6-21-14-23)25-11-10-24(17(26)13-25)12-15-2-4-16(19)5-3-15/h2-6,8,14H,7,9-13H2,1H3,(H,20,22). The number of nitrogens with zero attached hydrogens (tertiary/aromatic N) is 5. The van der Waals surface area contributed by atoms with E-state index in [2.05, 4.69) is 15.3 Å². The molecule has 26 heavy (non-hydrogen) atoms. The number of rotatable bonds is 5. The minimum atomic E-state index is 0.101. The molecule has 138 valence electrons. The summed E-state index contributed by atoms with van der Waals surface area (Å²) < 4.78 is 2.00. The molecule has 1 aromatic carbocycles. The highest BCUT2D eigenvalue weighted by Gasteiger charge is 2.25. The second kappa shape index (κ2) is 8.71. The minimum absolute atomic E-state index is 0.101. The molecule has 8 heteroatoms. The number of piperazine rings is 1. The van der Waals surface area contributed by atoms with Crippen molar-refractivity contribution in [3.63, 3.8) is 0 Å². The first-order chi connectivity index (χ1) is 12.7. The largest absolute Gasteiger partial charge is 0.354 e. The van der Waals surface area contributed by atoms with Crippen molar-refractivity contribution < 1.29 is 4.79 Å². The molecule has 0 aliphatic carbocycles. The fourth-order valence-electron chi connectivity index (χ4n) is 2.91. The lowest BCUT2D eigenvalue weighted by Gasteiger charge is -2.36. The quantitative estimate of drug-likeness (QED) is 0.635. The van der Waals surface area contributed by atoms with E-state index in [4.69, 9.17) is 11.6 Å². The van der Waals surface area contributed by atoms with Crippen LogP contribution in [-0.4, -0.2) is 64.4 Å². The second-order valence-corrected chi connectivity index (χ2v) is 6.57. The molecular formula is C18H23ClN6O. The van der Waals surface area contributed by atoms with E-state index in [0.29, 0.717) is 24.7 Å². The van der Waals surface area contributed by atoms with Crippen LogP contribution >= 0.6 is 11.6 Å². The smallest absolute Gasteiger partial charge is 0.242 e. The van der Waals surface area contributed by atoms with Crippen LogP contribution in [0.25, 0.3) is 0 Å². The molecule has 1 fully saturated rings. The van der Waals surface area contributed by atoms with E-state index in [9.17, 15) is 4.79 Å². The lowest BCUT2D eigenvalue weighted by Crippen LogP contribution is -2.55. The number of amides is 1. The number of nitrogens with one attached hydrogen (secondary N) is 1. The van der Waals surface area contributed by atoms with Gasteiger partial charge in [-0.1, -0.05) is 23.7 Å². The van der Waals surface area contributed by atoms with Crippen LogP contribution in [0.4, 0.5) is 0 Å². The molecule has 7 nitrogen and oxygen atoms in total. The normalized spacial score (nSPS) is 15.5. The predicted octanol–water partition coefficient (Wildman–Crippen LogP) is 1.46. The topological polar surface area (TPSA) is 65.8 Å². The molecule has 1 amide bonds. The van der Waals surface area contributed by atoms with E-state index in [1.165, 1.54) is 0 Å². The summed E-state index contributed by atoms with van der Waals surface area (Å²) in [6.45, 7) is 3.88. The van der Waals surface area contributed by atoms with E-state index in [1.54, 1.807) is 19.6 Å². The Morgan fingerprint density at radius 3 is 2.77 bits per heavy atom. The Hall–Kier alpha value is -2.54. The monoisotopic (exact) mass is 374 g/mol. The van der Waals surface area contributed by atoms with Crippen molar-refractivity contribution in [3.8, 4) is 0 Å². The van der Waals surface area contributed by atoms with Gasteiger partial charge in [-0.25, -0.2) is 4.98 Å². The van der Waals surface area contributed by atoms with E-state index < -0.39 is 0 Å².